The van der Waals surface area contributed by atoms with E-state index in [1.54, 1.807) is 61.7 Å². The molecule has 0 unspecified atom stereocenters. The molecule has 0 radical (unpaired) electrons. The molecule has 126 valence electrons. The zero-order valence-electron chi connectivity index (χ0n) is 13.5. The average molecular weight is 352 g/mol. The molecule has 0 bridgehead atoms. The summed E-state index contributed by atoms with van der Waals surface area (Å²) in [5.41, 5.74) is 1.65. The second-order valence-corrected chi connectivity index (χ2v) is 6.15. The van der Waals surface area contributed by atoms with Crippen molar-refractivity contribution in [1.29, 1.82) is 0 Å². The quantitative estimate of drug-likeness (QED) is 0.721. The third kappa shape index (κ3) is 4.24. The molecule has 2 N–H and O–H groups in total. The third-order valence-corrected chi connectivity index (χ3v) is 4.32. The summed E-state index contributed by atoms with van der Waals surface area (Å²) in [5, 5.41) is 7.44. The van der Waals surface area contributed by atoms with Gasteiger partial charge in [-0.15, -0.1) is 11.3 Å². The number of benzene rings is 2. The van der Waals surface area contributed by atoms with Crippen molar-refractivity contribution in [3.8, 4) is 5.75 Å². The number of nitrogens with one attached hydrogen (secondary N) is 2. The van der Waals surface area contributed by atoms with Gasteiger partial charge in [0, 0.05) is 23.0 Å². The molecule has 6 heteroatoms. The molecule has 0 aliphatic rings. The first-order valence-electron chi connectivity index (χ1n) is 7.56. The summed E-state index contributed by atoms with van der Waals surface area (Å²) in [7, 11) is 1.57. The van der Waals surface area contributed by atoms with Gasteiger partial charge in [-0.2, -0.15) is 0 Å². The van der Waals surface area contributed by atoms with Crippen molar-refractivity contribution in [2.24, 2.45) is 0 Å². The van der Waals surface area contributed by atoms with E-state index in [9.17, 15) is 9.59 Å². The number of ether oxygens (including phenoxy) is 1. The zero-order valence-corrected chi connectivity index (χ0v) is 14.3. The van der Waals surface area contributed by atoms with Gasteiger partial charge in [0.1, 0.15) is 5.75 Å². The monoisotopic (exact) mass is 352 g/mol. The summed E-state index contributed by atoms with van der Waals surface area (Å²) in [6.07, 6.45) is 0. The molecular weight excluding hydrogens is 336 g/mol. The highest BCUT2D eigenvalue weighted by molar-refractivity contribution is 7.12. The van der Waals surface area contributed by atoms with Gasteiger partial charge in [0.05, 0.1) is 12.0 Å². The topological polar surface area (TPSA) is 67.4 Å². The first-order chi connectivity index (χ1) is 12.2. The van der Waals surface area contributed by atoms with Gasteiger partial charge in [-0.1, -0.05) is 18.2 Å². The maximum absolute atomic E-state index is 12.4. The number of hydrogen-bond acceptors (Lipinski definition) is 4. The van der Waals surface area contributed by atoms with Crippen molar-refractivity contribution in [2.75, 3.05) is 17.7 Å². The highest BCUT2D eigenvalue weighted by Gasteiger charge is 2.10. The van der Waals surface area contributed by atoms with Gasteiger partial charge in [0.25, 0.3) is 11.8 Å². The van der Waals surface area contributed by atoms with E-state index < -0.39 is 0 Å². The Balaban J connectivity index is 1.72. The molecule has 0 spiro atoms. The molecule has 3 aromatic rings. The minimum absolute atomic E-state index is 0.194. The molecule has 2 aromatic carbocycles. The Hall–Kier alpha value is -3.12. The smallest absolute Gasteiger partial charge is 0.265 e. The molecule has 0 saturated carbocycles. The second kappa shape index (κ2) is 7.63. The molecule has 2 amide bonds. The molecule has 1 heterocycles. The van der Waals surface area contributed by atoms with Crippen LogP contribution in [-0.2, 0) is 0 Å². The molecule has 0 aliphatic carbocycles. The van der Waals surface area contributed by atoms with Crippen LogP contribution >= 0.6 is 11.3 Å². The number of methoxy groups -OCH3 is 1. The molecule has 3 rings (SSSR count). The number of rotatable bonds is 5. The van der Waals surface area contributed by atoms with Crippen LogP contribution in [0.15, 0.2) is 66.0 Å². The largest absolute Gasteiger partial charge is 0.497 e. The van der Waals surface area contributed by atoms with Crippen molar-refractivity contribution in [3.05, 3.63) is 76.5 Å². The van der Waals surface area contributed by atoms with Crippen molar-refractivity contribution in [3.63, 3.8) is 0 Å². The third-order valence-electron chi connectivity index (χ3n) is 3.46. The lowest BCUT2D eigenvalue weighted by atomic mass is 10.1. The fourth-order valence-corrected chi connectivity index (χ4v) is 2.86. The van der Waals surface area contributed by atoms with Crippen molar-refractivity contribution < 1.29 is 14.3 Å². The number of amides is 2. The summed E-state index contributed by atoms with van der Waals surface area (Å²) in [4.78, 5) is 25.1. The minimum Gasteiger partial charge on any atom is -0.497 e. The van der Waals surface area contributed by atoms with Crippen LogP contribution in [0, 0.1) is 0 Å². The Morgan fingerprint density at radius 1 is 0.880 bits per heavy atom. The minimum atomic E-state index is -0.263. The highest BCUT2D eigenvalue weighted by atomic mass is 32.1. The first-order valence-corrected chi connectivity index (χ1v) is 8.44. The fourth-order valence-electron chi connectivity index (χ4n) is 2.24. The predicted molar refractivity (Wildman–Crippen MR) is 99.7 cm³/mol. The Morgan fingerprint density at radius 3 is 2.32 bits per heavy atom. The Morgan fingerprint density at radius 2 is 1.60 bits per heavy atom. The molecule has 0 aliphatic heterocycles. The molecule has 25 heavy (non-hydrogen) atoms. The number of carbonyl (C=O) groups is 2. The van der Waals surface area contributed by atoms with Gasteiger partial charge in [-0.25, -0.2) is 0 Å². The number of carbonyl (C=O) groups excluding carboxylic acids is 2. The van der Waals surface area contributed by atoms with Gasteiger partial charge >= 0.3 is 0 Å². The van der Waals surface area contributed by atoms with E-state index in [0.29, 0.717) is 27.6 Å². The maximum atomic E-state index is 12.4. The maximum Gasteiger partial charge on any atom is 0.265 e. The summed E-state index contributed by atoms with van der Waals surface area (Å²) < 4.78 is 5.14. The Kier molecular flexibility index (Phi) is 5.11. The lowest BCUT2D eigenvalue weighted by Crippen LogP contribution is -2.14. The predicted octanol–water partition coefficient (Wildman–Crippen LogP) is 4.26. The summed E-state index contributed by atoms with van der Waals surface area (Å²) >= 11 is 1.36. The fraction of sp³-hybridized carbons (Fsp3) is 0.0526. The molecule has 5 nitrogen and oxygen atoms in total. The first kappa shape index (κ1) is 16.7. The van der Waals surface area contributed by atoms with E-state index in [1.807, 2.05) is 11.4 Å². The van der Waals surface area contributed by atoms with Crippen LogP contribution < -0.4 is 15.4 Å². The van der Waals surface area contributed by atoms with Crippen LogP contribution in [0.25, 0.3) is 0 Å². The van der Waals surface area contributed by atoms with Crippen LogP contribution in [0.5, 0.6) is 5.75 Å². The second-order valence-electron chi connectivity index (χ2n) is 5.20. The van der Waals surface area contributed by atoms with Crippen LogP contribution in [0.3, 0.4) is 0 Å². The summed E-state index contributed by atoms with van der Waals surface area (Å²) in [5.74, 6) is 0.204. The molecule has 0 saturated heterocycles. The number of anilines is 2. The average Bonchev–Trinajstić information content (AvgIpc) is 3.17. The summed E-state index contributed by atoms with van der Waals surface area (Å²) in [6, 6.07) is 17.5. The normalized spacial score (nSPS) is 10.1. The zero-order chi connectivity index (χ0) is 17.6. The standard InChI is InChI=1S/C19H16N2O3S/c1-24-16-8-3-7-15(12-16)20-18(22)13-5-2-6-14(11-13)21-19(23)17-9-4-10-25-17/h2-12H,1H3,(H,20,22)(H,21,23). The van der Waals surface area contributed by atoms with Gasteiger partial charge in [-0.3, -0.25) is 9.59 Å². The van der Waals surface area contributed by atoms with E-state index in [2.05, 4.69) is 10.6 Å². The molecule has 1 aromatic heterocycles. The molecule has 0 atom stereocenters. The van der Waals surface area contributed by atoms with Crippen LogP contribution in [0.1, 0.15) is 20.0 Å². The van der Waals surface area contributed by atoms with E-state index in [-0.39, 0.29) is 11.8 Å². The van der Waals surface area contributed by atoms with E-state index >= 15 is 0 Å². The van der Waals surface area contributed by atoms with Gasteiger partial charge < -0.3 is 15.4 Å². The van der Waals surface area contributed by atoms with E-state index in [0.717, 1.165) is 0 Å². The van der Waals surface area contributed by atoms with Crippen molar-refractivity contribution >= 4 is 34.5 Å². The highest BCUT2D eigenvalue weighted by Crippen LogP contribution is 2.19. The number of hydrogen-bond donors (Lipinski definition) is 2. The lowest BCUT2D eigenvalue weighted by Gasteiger charge is -2.09. The van der Waals surface area contributed by atoms with E-state index in [1.165, 1.54) is 11.3 Å². The molecule has 0 fully saturated rings. The van der Waals surface area contributed by atoms with Crippen LogP contribution in [0.2, 0.25) is 0 Å². The van der Waals surface area contributed by atoms with Crippen LogP contribution in [0.4, 0.5) is 11.4 Å². The van der Waals surface area contributed by atoms with Crippen LogP contribution in [-0.4, -0.2) is 18.9 Å². The van der Waals surface area contributed by atoms with Crippen molar-refractivity contribution in [2.45, 2.75) is 0 Å². The van der Waals surface area contributed by atoms with Crippen molar-refractivity contribution in [1.82, 2.24) is 0 Å². The van der Waals surface area contributed by atoms with Gasteiger partial charge in [0.2, 0.25) is 0 Å². The van der Waals surface area contributed by atoms with E-state index in [4.69, 9.17) is 4.74 Å². The Bertz CT molecular complexity index is 891. The van der Waals surface area contributed by atoms with Gasteiger partial charge in [0.15, 0.2) is 0 Å². The number of thiophene rings is 1. The Labute approximate surface area is 149 Å². The molecular formula is C19H16N2O3S. The van der Waals surface area contributed by atoms with Gasteiger partial charge in [-0.05, 0) is 41.8 Å². The summed E-state index contributed by atoms with van der Waals surface area (Å²) in [6.45, 7) is 0. The lowest BCUT2D eigenvalue weighted by molar-refractivity contribution is 0.101. The SMILES string of the molecule is COc1cccc(NC(=O)c2cccc(NC(=O)c3cccs3)c2)c1.